The molecular weight excluding hydrogens is 141 g/mol. The highest BCUT2D eigenvalue weighted by molar-refractivity contribution is 6.24. The molecule has 0 bridgehead atoms. The fraction of sp³-hybridized carbons (Fsp3) is 0.714. The molecule has 1 rings (SSSR count). The van der Waals surface area contributed by atoms with Gasteiger partial charge in [0.15, 0.2) is 0 Å². The van der Waals surface area contributed by atoms with Crippen molar-refractivity contribution in [3.63, 3.8) is 0 Å². The number of nitrogens with zero attached hydrogens (tertiary/aromatic N) is 1. The van der Waals surface area contributed by atoms with Crippen LogP contribution in [0.3, 0.4) is 0 Å². The number of Topliss-reactive ketones (excluding diaryl/α,β-unsaturated/α-hetero) is 1. The minimum atomic E-state index is 0.0349. The summed E-state index contributed by atoms with van der Waals surface area (Å²) in [5, 5.41) is 0. The van der Waals surface area contributed by atoms with Crippen molar-refractivity contribution in [2.24, 2.45) is 0 Å². The van der Waals surface area contributed by atoms with E-state index in [1.807, 2.05) is 7.85 Å². The first-order valence-electron chi connectivity index (χ1n) is 3.89. The maximum Gasteiger partial charge on any atom is 0.219 e. The lowest BCUT2D eigenvalue weighted by atomic mass is 9.80. The summed E-state index contributed by atoms with van der Waals surface area (Å²) in [7, 11) is 1.87. The molecule has 1 fully saturated rings. The molecule has 0 aliphatic carbocycles. The van der Waals surface area contributed by atoms with Gasteiger partial charge in [-0.15, -0.1) is 0 Å². The van der Waals surface area contributed by atoms with Gasteiger partial charge >= 0.3 is 0 Å². The molecule has 0 saturated carbocycles. The van der Waals surface area contributed by atoms with E-state index in [9.17, 15) is 9.59 Å². The molecule has 1 saturated heterocycles. The molecule has 60 valence electrons. The summed E-state index contributed by atoms with van der Waals surface area (Å²) in [6, 6.07) is 0. The van der Waals surface area contributed by atoms with Crippen molar-refractivity contribution in [2.45, 2.75) is 19.2 Å². The summed E-state index contributed by atoms with van der Waals surface area (Å²) in [4.78, 5) is 23.6. The number of likely N-dealkylation sites (tertiary alicyclic amines) is 1. The van der Waals surface area contributed by atoms with E-state index in [4.69, 9.17) is 0 Å². The molecule has 0 N–H and O–H groups in total. The van der Waals surface area contributed by atoms with Crippen molar-refractivity contribution < 1.29 is 9.59 Å². The second-order valence-electron chi connectivity index (χ2n) is 3.08. The van der Waals surface area contributed by atoms with Gasteiger partial charge in [-0.2, -0.15) is 0 Å². The summed E-state index contributed by atoms with van der Waals surface area (Å²) in [6.45, 7) is 2.76. The highest BCUT2D eigenvalue weighted by Gasteiger charge is 2.24. The van der Waals surface area contributed by atoms with Crippen LogP contribution in [-0.2, 0) is 9.59 Å². The zero-order valence-corrected chi connectivity index (χ0v) is 6.96. The van der Waals surface area contributed by atoms with Crippen LogP contribution in [0, 0.1) is 0 Å². The third kappa shape index (κ3) is 1.82. The zero-order chi connectivity index (χ0) is 8.43. The van der Waals surface area contributed by atoms with Crippen LogP contribution in [0.4, 0.5) is 0 Å². The van der Waals surface area contributed by atoms with Crippen LogP contribution in [0.5, 0.6) is 0 Å². The fourth-order valence-electron chi connectivity index (χ4n) is 1.30. The number of rotatable bonds is 0. The largest absolute Gasteiger partial charge is 0.343 e. The lowest BCUT2D eigenvalue weighted by Gasteiger charge is -2.28. The van der Waals surface area contributed by atoms with Crippen molar-refractivity contribution in [3.05, 3.63) is 0 Å². The quantitative estimate of drug-likeness (QED) is 0.428. The number of carbonyl (C=O) groups excluding carboxylic acids is 2. The van der Waals surface area contributed by atoms with Gasteiger partial charge in [0.2, 0.25) is 5.91 Å². The van der Waals surface area contributed by atoms with Crippen molar-refractivity contribution in [1.29, 1.82) is 0 Å². The molecule has 1 unspecified atom stereocenters. The Morgan fingerprint density at radius 1 is 1.73 bits per heavy atom. The number of hydrogen-bond donors (Lipinski definition) is 0. The molecule has 4 heteroatoms. The van der Waals surface area contributed by atoms with Crippen molar-refractivity contribution in [2.75, 3.05) is 13.1 Å². The van der Waals surface area contributed by atoms with Gasteiger partial charge in [0, 0.05) is 32.3 Å². The topological polar surface area (TPSA) is 37.4 Å². The summed E-state index contributed by atoms with van der Waals surface area (Å²) in [6.07, 6.45) is 0.529. The molecule has 0 radical (unpaired) electrons. The number of carbonyl (C=O) groups is 2. The first-order valence-corrected chi connectivity index (χ1v) is 3.89. The van der Waals surface area contributed by atoms with Crippen molar-refractivity contribution >= 4 is 19.5 Å². The van der Waals surface area contributed by atoms with Crippen LogP contribution in [0.2, 0.25) is 5.82 Å². The SMILES string of the molecule is BC1CN(C(C)=O)CCC1=O. The first kappa shape index (κ1) is 8.30. The molecule has 0 aromatic rings. The van der Waals surface area contributed by atoms with E-state index >= 15 is 0 Å². The second-order valence-corrected chi connectivity index (χ2v) is 3.08. The van der Waals surface area contributed by atoms with Crippen LogP contribution < -0.4 is 0 Å². The third-order valence-electron chi connectivity index (χ3n) is 2.12. The summed E-state index contributed by atoms with van der Waals surface area (Å²) >= 11 is 0. The normalized spacial score (nSPS) is 25.4. The molecule has 1 heterocycles. The average molecular weight is 153 g/mol. The highest BCUT2D eigenvalue weighted by Crippen LogP contribution is 2.14. The van der Waals surface area contributed by atoms with E-state index in [0.717, 1.165) is 0 Å². The van der Waals surface area contributed by atoms with E-state index in [1.165, 1.54) is 0 Å². The molecule has 1 atom stereocenters. The van der Waals surface area contributed by atoms with E-state index in [1.54, 1.807) is 11.8 Å². The number of amides is 1. The number of ketones is 1. The molecule has 1 amide bonds. The van der Waals surface area contributed by atoms with Gasteiger partial charge in [0.05, 0.1) is 0 Å². The van der Waals surface area contributed by atoms with Gasteiger partial charge in [-0.1, -0.05) is 0 Å². The third-order valence-corrected chi connectivity index (χ3v) is 2.12. The Bertz CT molecular complexity index is 193. The molecule has 1 aliphatic heterocycles. The van der Waals surface area contributed by atoms with Gasteiger partial charge in [0.25, 0.3) is 0 Å². The molecule has 3 nitrogen and oxygen atoms in total. The Morgan fingerprint density at radius 3 is 2.82 bits per heavy atom. The summed E-state index contributed by atoms with van der Waals surface area (Å²) in [5.74, 6) is 0.388. The van der Waals surface area contributed by atoms with Gasteiger partial charge in [-0.3, -0.25) is 4.79 Å². The smallest absolute Gasteiger partial charge is 0.219 e. The van der Waals surface area contributed by atoms with E-state index in [2.05, 4.69) is 0 Å². The standard InChI is InChI=1S/C7H12BNO2/c1-5(10)9-3-2-7(11)6(8)4-9/h6H,2-4,8H2,1H3. The van der Waals surface area contributed by atoms with Gasteiger partial charge < -0.3 is 9.69 Å². The average Bonchev–Trinajstić information content (AvgIpc) is 1.94. The van der Waals surface area contributed by atoms with Crippen LogP contribution in [0.1, 0.15) is 13.3 Å². The molecular formula is C7H12BNO2. The van der Waals surface area contributed by atoms with Crippen LogP contribution in [0.15, 0.2) is 0 Å². The van der Waals surface area contributed by atoms with Crippen molar-refractivity contribution in [1.82, 2.24) is 4.90 Å². The minimum Gasteiger partial charge on any atom is -0.343 e. The van der Waals surface area contributed by atoms with Gasteiger partial charge in [-0.25, -0.2) is 0 Å². The van der Waals surface area contributed by atoms with Crippen LogP contribution >= 0.6 is 0 Å². The lowest BCUT2D eigenvalue weighted by molar-refractivity contribution is -0.132. The summed E-state index contributed by atoms with van der Waals surface area (Å²) in [5.41, 5.74) is 0. The van der Waals surface area contributed by atoms with E-state index in [-0.39, 0.29) is 17.5 Å². The van der Waals surface area contributed by atoms with Crippen molar-refractivity contribution in [3.8, 4) is 0 Å². The number of hydrogen-bond acceptors (Lipinski definition) is 2. The predicted octanol–water partition coefficient (Wildman–Crippen LogP) is -0.771. The number of piperidine rings is 1. The molecule has 0 spiro atoms. The Balaban J connectivity index is 2.52. The maximum absolute atomic E-state index is 11.0. The molecule has 11 heavy (non-hydrogen) atoms. The monoisotopic (exact) mass is 153 g/mol. The van der Waals surface area contributed by atoms with Crippen LogP contribution in [-0.4, -0.2) is 37.5 Å². The van der Waals surface area contributed by atoms with E-state index in [0.29, 0.717) is 19.5 Å². The Hall–Kier alpha value is -0.795. The second kappa shape index (κ2) is 3.07. The first-order chi connectivity index (χ1) is 5.11. The van der Waals surface area contributed by atoms with Gasteiger partial charge in [-0.05, 0) is 0 Å². The fourth-order valence-corrected chi connectivity index (χ4v) is 1.30. The molecule has 0 aromatic carbocycles. The minimum absolute atomic E-state index is 0.0349. The maximum atomic E-state index is 11.0. The summed E-state index contributed by atoms with van der Waals surface area (Å²) < 4.78 is 0. The Morgan fingerprint density at radius 2 is 2.36 bits per heavy atom. The molecule has 0 aromatic heterocycles. The highest BCUT2D eigenvalue weighted by atomic mass is 16.2. The zero-order valence-electron chi connectivity index (χ0n) is 6.96. The Labute approximate surface area is 67.2 Å². The van der Waals surface area contributed by atoms with E-state index < -0.39 is 0 Å². The molecule has 1 aliphatic rings. The lowest BCUT2D eigenvalue weighted by Crippen LogP contribution is -2.40. The van der Waals surface area contributed by atoms with Gasteiger partial charge in [0.1, 0.15) is 13.6 Å². The Kier molecular flexibility index (Phi) is 2.32. The predicted molar refractivity (Wildman–Crippen MR) is 44.2 cm³/mol. The van der Waals surface area contributed by atoms with Crippen LogP contribution in [0.25, 0.3) is 0 Å².